The number of aromatic carboxylic acids is 1. The Morgan fingerprint density at radius 2 is 2.00 bits per heavy atom. The Morgan fingerprint density at radius 3 is 2.53 bits per heavy atom. The number of benzene rings is 1. The van der Waals surface area contributed by atoms with Crippen LogP contribution in [0.5, 0.6) is 0 Å². The second-order valence-electron chi connectivity index (χ2n) is 3.90. The summed E-state index contributed by atoms with van der Waals surface area (Å²) in [6.07, 6.45) is 1.34. The lowest BCUT2D eigenvalue weighted by atomic mass is 10.2. The highest BCUT2D eigenvalue weighted by Crippen LogP contribution is 2.24. The van der Waals surface area contributed by atoms with E-state index in [1.165, 1.54) is 24.5 Å². The van der Waals surface area contributed by atoms with Gasteiger partial charge in [-0.1, -0.05) is 11.6 Å². The molecule has 2 rings (SSSR count). The van der Waals surface area contributed by atoms with Crippen LogP contribution in [0.2, 0.25) is 5.02 Å². The highest BCUT2D eigenvalue weighted by atomic mass is 35.5. The molecule has 1 aromatic carbocycles. The molecule has 2 N–H and O–H groups in total. The van der Waals surface area contributed by atoms with Crippen LogP contribution in [0.3, 0.4) is 0 Å². The zero-order valence-electron chi connectivity index (χ0n) is 9.94. The first-order valence-electron chi connectivity index (χ1n) is 5.36. The summed E-state index contributed by atoms with van der Waals surface area (Å²) < 4.78 is 5.03. The van der Waals surface area contributed by atoms with Gasteiger partial charge >= 0.3 is 5.97 Å². The Bertz CT molecular complexity index is 648. The first-order chi connectivity index (χ1) is 8.97. The molecule has 0 aliphatic rings. The van der Waals surface area contributed by atoms with Crippen molar-refractivity contribution >= 4 is 29.2 Å². The normalized spacial score (nSPS) is 10.2. The van der Waals surface area contributed by atoms with Crippen molar-refractivity contribution in [3.05, 3.63) is 52.4 Å². The Kier molecular flexibility index (Phi) is 3.57. The predicted octanol–water partition coefficient (Wildman–Crippen LogP) is 3.19. The molecule has 0 bridgehead atoms. The smallest absolute Gasteiger partial charge is 0.335 e. The van der Waals surface area contributed by atoms with Gasteiger partial charge in [0.05, 0.1) is 21.8 Å². The maximum absolute atomic E-state index is 11.9. The number of carboxylic acids is 1. The maximum atomic E-state index is 11.9. The number of hydrogen-bond donors (Lipinski definition) is 2. The molecule has 6 heteroatoms. The fourth-order valence-corrected chi connectivity index (χ4v) is 1.73. The number of aryl methyl sites for hydroxylation is 1. The zero-order valence-corrected chi connectivity index (χ0v) is 10.7. The Balaban J connectivity index is 2.20. The largest absolute Gasteiger partial charge is 0.478 e. The van der Waals surface area contributed by atoms with Gasteiger partial charge in [-0.05, 0) is 31.2 Å². The maximum Gasteiger partial charge on any atom is 0.335 e. The molecule has 19 heavy (non-hydrogen) atoms. The second kappa shape index (κ2) is 5.16. The number of furan rings is 1. The number of amides is 1. The molecule has 1 amide bonds. The zero-order chi connectivity index (χ0) is 14.0. The van der Waals surface area contributed by atoms with Crippen molar-refractivity contribution in [2.75, 3.05) is 5.32 Å². The standard InChI is InChI=1S/C13H10ClNO4/c1-7-4-9(6-19-7)12(16)15-11-3-2-8(13(17)18)5-10(11)14/h2-6H,1H3,(H,15,16)(H,17,18). The van der Waals surface area contributed by atoms with Crippen LogP contribution < -0.4 is 5.32 Å². The Hall–Kier alpha value is -2.27. The molecule has 2 aromatic rings. The van der Waals surface area contributed by atoms with E-state index in [-0.39, 0.29) is 16.5 Å². The number of hydrogen-bond acceptors (Lipinski definition) is 3. The average molecular weight is 280 g/mol. The lowest BCUT2D eigenvalue weighted by molar-refractivity contribution is 0.0696. The fraction of sp³-hybridized carbons (Fsp3) is 0.0769. The molecule has 0 atom stereocenters. The Labute approximate surface area is 113 Å². The summed E-state index contributed by atoms with van der Waals surface area (Å²) in [6.45, 7) is 1.73. The van der Waals surface area contributed by atoms with E-state index in [1.54, 1.807) is 13.0 Å². The first-order valence-corrected chi connectivity index (χ1v) is 5.74. The summed E-state index contributed by atoms with van der Waals surface area (Å²) >= 11 is 5.91. The van der Waals surface area contributed by atoms with Crippen molar-refractivity contribution in [2.45, 2.75) is 6.92 Å². The molecule has 0 saturated heterocycles. The van der Waals surface area contributed by atoms with Crippen LogP contribution in [0.25, 0.3) is 0 Å². The van der Waals surface area contributed by atoms with Gasteiger partial charge in [-0.15, -0.1) is 0 Å². The van der Waals surface area contributed by atoms with E-state index in [1.807, 2.05) is 0 Å². The monoisotopic (exact) mass is 279 g/mol. The van der Waals surface area contributed by atoms with Crippen LogP contribution in [0, 0.1) is 6.92 Å². The van der Waals surface area contributed by atoms with Crippen molar-refractivity contribution in [1.82, 2.24) is 0 Å². The summed E-state index contributed by atoms with van der Waals surface area (Å²) in [4.78, 5) is 22.6. The van der Waals surface area contributed by atoms with E-state index in [0.717, 1.165) is 0 Å². The predicted molar refractivity (Wildman–Crippen MR) is 69.8 cm³/mol. The van der Waals surface area contributed by atoms with E-state index in [9.17, 15) is 9.59 Å². The van der Waals surface area contributed by atoms with Crippen molar-refractivity contribution < 1.29 is 19.1 Å². The number of carboxylic acid groups (broad SMARTS) is 1. The van der Waals surface area contributed by atoms with Gasteiger partial charge in [0.2, 0.25) is 0 Å². The first kappa shape index (κ1) is 13.2. The summed E-state index contributed by atoms with van der Waals surface area (Å²) in [5, 5.41) is 11.5. The molecule has 1 aromatic heterocycles. The summed E-state index contributed by atoms with van der Waals surface area (Å²) in [5.74, 6) is -0.829. The third-order valence-electron chi connectivity index (χ3n) is 2.46. The van der Waals surface area contributed by atoms with Crippen molar-refractivity contribution in [1.29, 1.82) is 0 Å². The average Bonchev–Trinajstić information content (AvgIpc) is 2.78. The summed E-state index contributed by atoms with van der Waals surface area (Å²) in [6, 6.07) is 5.68. The highest BCUT2D eigenvalue weighted by Gasteiger charge is 2.12. The van der Waals surface area contributed by atoms with E-state index < -0.39 is 5.97 Å². The van der Waals surface area contributed by atoms with Gasteiger partial charge in [0.1, 0.15) is 12.0 Å². The van der Waals surface area contributed by atoms with Gasteiger partial charge in [0, 0.05) is 0 Å². The molecule has 0 radical (unpaired) electrons. The topological polar surface area (TPSA) is 79.5 Å². The molecular weight excluding hydrogens is 270 g/mol. The number of rotatable bonds is 3. The van der Waals surface area contributed by atoms with Crippen molar-refractivity contribution in [2.24, 2.45) is 0 Å². The van der Waals surface area contributed by atoms with Gasteiger partial charge in [-0.2, -0.15) is 0 Å². The number of nitrogens with one attached hydrogen (secondary N) is 1. The van der Waals surface area contributed by atoms with Crippen molar-refractivity contribution in [3.8, 4) is 0 Å². The van der Waals surface area contributed by atoms with Crippen LogP contribution in [0.4, 0.5) is 5.69 Å². The minimum atomic E-state index is -1.08. The van der Waals surface area contributed by atoms with E-state index >= 15 is 0 Å². The third-order valence-corrected chi connectivity index (χ3v) is 2.77. The molecular formula is C13H10ClNO4. The third kappa shape index (κ3) is 2.95. The van der Waals surface area contributed by atoms with E-state index in [4.69, 9.17) is 21.1 Å². The summed E-state index contributed by atoms with van der Waals surface area (Å²) in [5.41, 5.74) is 0.772. The molecule has 98 valence electrons. The van der Waals surface area contributed by atoms with Crippen LogP contribution in [0.15, 0.2) is 34.9 Å². The number of anilines is 1. The minimum absolute atomic E-state index is 0.0576. The molecule has 0 spiro atoms. The van der Waals surface area contributed by atoms with Gasteiger partial charge < -0.3 is 14.8 Å². The minimum Gasteiger partial charge on any atom is -0.478 e. The van der Waals surface area contributed by atoms with Gasteiger partial charge in [-0.3, -0.25) is 4.79 Å². The van der Waals surface area contributed by atoms with Crippen LogP contribution in [-0.4, -0.2) is 17.0 Å². The molecule has 1 heterocycles. The van der Waals surface area contributed by atoms with Gasteiger partial charge in [0.25, 0.3) is 5.91 Å². The van der Waals surface area contributed by atoms with Crippen LogP contribution in [-0.2, 0) is 0 Å². The Morgan fingerprint density at radius 1 is 1.26 bits per heavy atom. The molecule has 5 nitrogen and oxygen atoms in total. The lowest BCUT2D eigenvalue weighted by Crippen LogP contribution is -2.11. The van der Waals surface area contributed by atoms with Gasteiger partial charge in [-0.25, -0.2) is 4.79 Å². The van der Waals surface area contributed by atoms with Crippen LogP contribution >= 0.6 is 11.6 Å². The summed E-state index contributed by atoms with van der Waals surface area (Å²) in [7, 11) is 0. The quantitative estimate of drug-likeness (QED) is 0.904. The molecule has 0 aliphatic carbocycles. The van der Waals surface area contributed by atoms with E-state index in [0.29, 0.717) is 17.0 Å². The second-order valence-corrected chi connectivity index (χ2v) is 4.31. The molecule has 0 aliphatic heterocycles. The number of carbonyl (C=O) groups excluding carboxylic acids is 1. The molecule has 0 unspecified atom stereocenters. The van der Waals surface area contributed by atoms with Crippen LogP contribution in [0.1, 0.15) is 26.5 Å². The van der Waals surface area contributed by atoms with E-state index in [2.05, 4.69) is 5.32 Å². The number of carbonyl (C=O) groups is 2. The SMILES string of the molecule is Cc1cc(C(=O)Nc2ccc(C(=O)O)cc2Cl)co1. The lowest BCUT2D eigenvalue weighted by Gasteiger charge is -2.06. The molecule has 0 fully saturated rings. The van der Waals surface area contributed by atoms with Gasteiger partial charge in [0.15, 0.2) is 0 Å². The highest BCUT2D eigenvalue weighted by molar-refractivity contribution is 6.34. The fourth-order valence-electron chi connectivity index (χ4n) is 1.51. The van der Waals surface area contributed by atoms with Crippen molar-refractivity contribution in [3.63, 3.8) is 0 Å². The molecule has 0 saturated carbocycles. The number of halogens is 1.